The maximum atomic E-state index is 12.0. The minimum atomic E-state index is -0.531. The van der Waals surface area contributed by atoms with Crippen LogP contribution in [0, 0.1) is 5.92 Å². The van der Waals surface area contributed by atoms with Crippen molar-refractivity contribution in [1.82, 2.24) is 10.6 Å². The second-order valence-corrected chi connectivity index (χ2v) is 6.59. The molecule has 120 valence electrons. The third kappa shape index (κ3) is 4.48. The van der Waals surface area contributed by atoms with Gasteiger partial charge in [-0.25, -0.2) is 4.79 Å². The molecular weight excluding hydrogens is 280 g/mol. The van der Waals surface area contributed by atoms with E-state index in [1.54, 1.807) is 0 Å². The molecule has 1 fully saturated rings. The van der Waals surface area contributed by atoms with Gasteiger partial charge in [0.25, 0.3) is 0 Å². The summed E-state index contributed by atoms with van der Waals surface area (Å²) in [6.45, 7) is 6.55. The Morgan fingerprint density at radius 3 is 2.59 bits per heavy atom. The van der Waals surface area contributed by atoms with Crippen molar-refractivity contribution in [2.45, 2.75) is 38.7 Å². The summed E-state index contributed by atoms with van der Waals surface area (Å²) in [5, 5.41) is 5.66. The molecule has 1 aliphatic heterocycles. The fourth-order valence-electron chi connectivity index (χ4n) is 2.70. The van der Waals surface area contributed by atoms with Crippen LogP contribution in [0.4, 0.5) is 4.79 Å². The molecule has 2 N–H and O–H groups in total. The van der Waals surface area contributed by atoms with Gasteiger partial charge in [-0.05, 0) is 32.8 Å². The highest BCUT2D eigenvalue weighted by Crippen LogP contribution is 2.29. The van der Waals surface area contributed by atoms with Gasteiger partial charge < -0.3 is 15.4 Å². The third-order valence-corrected chi connectivity index (χ3v) is 3.67. The van der Waals surface area contributed by atoms with Gasteiger partial charge in [-0.15, -0.1) is 0 Å². The van der Waals surface area contributed by atoms with Crippen LogP contribution in [-0.4, -0.2) is 30.7 Å². The smallest absolute Gasteiger partial charge is 0.407 e. The standard InChI is InChI=1S/C17H24N2O3/c1-17(2,3)22-16(21)19-11-14(12-7-5-4-6-8-12)13-9-10-18-15(13)20/h4-8,13-14H,9-11H2,1-3H3,(H,18,20)(H,19,21)/t13-,14+/m1/s1. The summed E-state index contributed by atoms with van der Waals surface area (Å²) in [5.74, 6) is -0.103. The number of amides is 2. The number of nitrogens with one attached hydrogen (secondary N) is 2. The minimum absolute atomic E-state index is 0.0452. The van der Waals surface area contributed by atoms with Crippen LogP contribution in [-0.2, 0) is 9.53 Å². The molecule has 5 heteroatoms. The quantitative estimate of drug-likeness (QED) is 0.897. The first-order valence-corrected chi connectivity index (χ1v) is 7.66. The SMILES string of the molecule is CC(C)(C)OC(=O)NC[C@@H](c1ccccc1)[C@H]1CCNC1=O. The average Bonchev–Trinajstić information content (AvgIpc) is 2.85. The zero-order valence-electron chi connectivity index (χ0n) is 13.4. The molecular formula is C17H24N2O3. The van der Waals surface area contributed by atoms with Crippen molar-refractivity contribution in [1.29, 1.82) is 0 Å². The van der Waals surface area contributed by atoms with E-state index >= 15 is 0 Å². The number of hydrogen-bond donors (Lipinski definition) is 2. The fraction of sp³-hybridized carbons (Fsp3) is 0.529. The molecule has 2 rings (SSSR count). The summed E-state index contributed by atoms with van der Waals surface area (Å²) in [5.41, 5.74) is 0.525. The average molecular weight is 304 g/mol. The normalized spacial score (nSPS) is 19.4. The van der Waals surface area contributed by atoms with Crippen molar-refractivity contribution >= 4 is 12.0 Å². The van der Waals surface area contributed by atoms with Crippen LogP contribution >= 0.6 is 0 Å². The van der Waals surface area contributed by atoms with Crippen molar-refractivity contribution in [3.63, 3.8) is 0 Å². The van der Waals surface area contributed by atoms with Crippen LogP contribution in [0.3, 0.4) is 0 Å². The van der Waals surface area contributed by atoms with Crippen molar-refractivity contribution in [3.05, 3.63) is 35.9 Å². The summed E-state index contributed by atoms with van der Waals surface area (Å²) < 4.78 is 5.26. The van der Waals surface area contributed by atoms with Gasteiger partial charge in [-0.3, -0.25) is 4.79 Å². The number of hydrogen-bond acceptors (Lipinski definition) is 3. The molecule has 0 saturated carbocycles. The Morgan fingerprint density at radius 2 is 2.05 bits per heavy atom. The van der Waals surface area contributed by atoms with E-state index in [2.05, 4.69) is 10.6 Å². The molecule has 1 aliphatic rings. The van der Waals surface area contributed by atoms with Crippen molar-refractivity contribution in [2.75, 3.05) is 13.1 Å². The molecule has 1 aromatic carbocycles. The molecule has 0 radical (unpaired) electrons. The minimum Gasteiger partial charge on any atom is -0.444 e. The molecule has 1 aromatic rings. The van der Waals surface area contributed by atoms with E-state index in [0.29, 0.717) is 13.1 Å². The summed E-state index contributed by atoms with van der Waals surface area (Å²) in [7, 11) is 0. The van der Waals surface area contributed by atoms with Gasteiger partial charge in [-0.1, -0.05) is 30.3 Å². The summed E-state index contributed by atoms with van der Waals surface area (Å²) >= 11 is 0. The van der Waals surface area contributed by atoms with Crippen LogP contribution in [0.1, 0.15) is 38.7 Å². The zero-order valence-corrected chi connectivity index (χ0v) is 13.4. The number of rotatable bonds is 4. The lowest BCUT2D eigenvalue weighted by Crippen LogP contribution is -2.37. The molecule has 0 unspecified atom stereocenters. The lowest BCUT2D eigenvalue weighted by Gasteiger charge is -2.24. The molecule has 22 heavy (non-hydrogen) atoms. The predicted octanol–water partition coefficient (Wildman–Crippen LogP) is 2.43. The third-order valence-electron chi connectivity index (χ3n) is 3.67. The highest BCUT2D eigenvalue weighted by atomic mass is 16.6. The maximum absolute atomic E-state index is 12.0. The second kappa shape index (κ2) is 6.81. The molecule has 1 saturated heterocycles. The fourth-order valence-corrected chi connectivity index (χ4v) is 2.70. The van der Waals surface area contributed by atoms with E-state index in [4.69, 9.17) is 4.74 Å². The summed E-state index contributed by atoms with van der Waals surface area (Å²) in [6, 6.07) is 9.82. The van der Waals surface area contributed by atoms with Gasteiger partial charge in [0.15, 0.2) is 0 Å². The number of benzene rings is 1. The van der Waals surface area contributed by atoms with E-state index in [9.17, 15) is 9.59 Å². The van der Waals surface area contributed by atoms with Gasteiger partial charge in [0.05, 0.1) is 0 Å². The lowest BCUT2D eigenvalue weighted by molar-refractivity contribution is -0.123. The molecule has 2 amide bonds. The predicted molar refractivity (Wildman–Crippen MR) is 84.5 cm³/mol. The Kier molecular flexibility index (Phi) is 5.06. The Balaban J connectivity index is 2.06. The Bertz CT molecular complexity index is 522. The van der Waals surface area contributed by atoms with Gasteiger partial charge in [0, 0.05) is 24.9 Å². The summed E-state index contributed by atoms with van der Waals surface area (Å²) in [6.07, 6.45) is 0.334. The Morgan fingerprint density at radius 1 is 1.36 bits per heavy atom. The van der Waals surface area contributed by atoms with E-state index < -0.39 is 11.7 Å². The molecule has 0 spiro atoms. The monoisotopic (exact) mass is 304 g/mol. The Labute approximate surface area is 131 Å². The topological polar surface area (TPSA) is 67.4 Å². The largest absolute Gasteiger partial charge is 0.444 e. The highest BCUT2D eigenvalue weighted by Gasteiger charge is 2.33. The number of carbonyl (C=O) groups excluding carboxylic acids is 2. The van der Waals surface area contributed by atoms with Crippen LogP contribution < -0.4 is 10.6 Å². The first-order valence-electron chi connectivity index (χ1n) is 7.66. The van der Waals surface area contributed by atoms with Crippen molar-refractivity contribution in [2.24, 2.45) is 5.92 Å². The van der Waals surface area contributed by atoms with Gasteiger partial charge in [0.2, 0.25) is 5.91 Å². The number of carbonyl (C=O) groups is 2. The van der Waals surface area contributed by atoms with Crippen LogP contribution in [0.5, 0.6) is 0 Å². The van der Waals surface area contributed by atoms with E-state index in [0.717, 1.165) is 12.0 Å². The van der Waals surface area contributed by atoms with Crippen LogP contribution in [0.2, 0.25) is 0 Å². The van der Waals surface area contributed by atoms with E-state index in [-0.39, 0.29) is 17.7 Å². The lowest BCUT2D eigenvalue weighted by atomic mass is 9.85. The second-order valence-electron chi connectivity index (χ2n) is 6.59. The molecule has 2 atom stereocenters. The van der Waals surface area contributed by atoms with Gasteiger partial charge in [-0.2, -0.15) is 0 Å². The van der Waals surface area contributed by atoms with Gasteiger partial charge >= 0.3 is 6.09 Å². The Hall–Kier alpha value is -2.04. The van der Waals surface area contributed by atoms with E-state index in [1.165, 1.54) is 0 Å². The molecule has 1 heterocycles. The highest BCUT2D eigenvalue weighted by molar-refractivity contribution is 5.81. The molecule has 0 aromatic heterocycles. The number of ether oxygens (including phenoxy) is 1. The van der Waals surface area contributed by atoms with Crippen LogP contribution in [0.25, 0.3) is 0 Å². The zero-order chi connectivity index (χ0) is 16.2. The molecule has 5 nitrogen and oxygen atoms in total. The maximum Gasteiger partial charge on any atom is 0.407 e. The van der Waals surface area contributed by atoms with Crippen molar-refractivity contribution in [3.8, 4) is 0 Å². The first-order chi connectivity index (χ1) is 10.4. The van der Waals surface area contributed by atoms with E-state index in [1.807, 2.05) is 51.1 Å². The molecule has 0 bridgehead atoms. The molecule has 0 aliphatic carbocycles. The van der Waals surface area contributed by atoms with Crippen LogP contribution in [0.15, 0.2) is 30.3 Å². The van der Waals surface area contributed by atoms with Gasteiger partial charge in [0.1, 0.15) is 5.60 Å². The number of alkyl carbamates (subject to hydrolysis) is 1. The van der Waals surface area contributed by atoms with Crippen molar-refractivity contribution < 1.29 is 14.3 Å². The summed E-state index contributed by atoms with van der Waals surface area (Å²) in [4.78, 5) is 23.9. The first kappa shape index (κ1) is 16.3.